The summed E-state index contributed by atoms with van der Waals surface area (Å²) in [6.07, 6.45) is 0. The third kappa shape index (κ3) is 3.24. The van der Waals surface area contributed by atoms with Crippen molar-refractivity contribution in [2.24, 2.45) is 0 Å². The van der Waals surface area contributed by atoms with Crippen molar-refractivity contribution in [3.05, 3.63) is 99.6 Å². The zero-order valence-electron chi connectivity index (χ0n) is 18.2. The summed E-state index contributed by atoms with van der Waals surface area (Å²) in [5.74, 6) is 0.418. The highest BCUT2D eigenvalue weighted by molar-refractivity contribution is 5.58. The highest BCUT2D eigenvalue weighted by Gasteiger charge is 2.34. The van der Waals surface area contributed by atoms with Gasteiger partial charge in [-0.3, -0.25) is 0 Å². The summed E-state index contributed by atoms with van der Waals surface area (Å²) in [6, 6.07) is 21.2. The summed E-state index contributed by atoms with van der Waals surface area (Å²) in [4.78, 5) is 0. The molecule has 0 spiro atoms. The van der Waals surface area contributed by atoms with Crippen molar-refractivity contribution in [2.75, 3.05) is 0 Å². The van der Waals surface area contributed by atoms with E-state index in [9.17, 15) is 5.11 Å². The normalized spacial score (nSPS) is 12.2. The molecule has 0 saturated heterocycles. The summed E-state index contributed by atoms with van der Waals surface area (Å²) in [7, 11) is 0. The Morgan fingerprint density at radius 1 is 0.536 bits per heavy atom. The van der Waals surface area contributed by atoms with Crippen LogP contribution in [0.3, 0.4) is 0 Å². The quantitative estimate of drug-likeness (QED) is 0.524. The number of hydrogen-bond donors (Lipinski definition) is 1. The predicted octanol–water partition coefficient (Wildman–Crippen LogP) is 6.97. The number of benzene rings is 3. The van der Waals surface area contributed by atoms with E-state index in [1.54, 1.807) is 0 Å². The van der Waals surface area contributed by atoms with E-state index in [2.05, 4.69) is 109 Å². The number of aryl methyl sites for hydroxylation is 3. The molecule has 28 heavy (non-hydrogen) atoms. The zero-order chi connectivity index (χ0) is 20.7. The van der Waals surface area contributed by atoms with E-state index in [0.29, 0.717) is 5.75 Å². The molecule has 0 heterocycles. The van der Waals surface area contributed by atoms with Gasteiger partial charge in [0.1, 0.15) is 5.75 Å². The van der Waals surface area contributed by atoms with E-state index in [-0.39, 0.29) is 10.8 Å². The minimum absolute atomic E-state index is 0.292. The summed E-state index contributed by atoms with van der Waals surface area (Å²) >= 11 is 0. The topological polar surface area (TPSA) is 20.2 Å². The molecule has 1 heteroatoms. The highest BCUT2D eigenvalue weighted by atomic mass is 16.3. The van der Waals surface area contributed by atoms with E-state index < -0.39 is 0 Å². The molecule has 0 radical (unpaired) electrons. The average molecular weight is 373 g/mol. The van der Waals surface area contributed by atoms with Crippen LogP contribution in [-0.4, -0.2) is 5.11 Å². The molecule has 3 rings (SSSR count). The third-order valence-corrected chi connectivity index (χ3v) is 6.32. The monoisotopic (exact) mass is 372 g/mol. The summed E-state index contributed by atoms with van der Waals surface area (Å²) < 4.78 is 0. The fraction of sp³-hybridized carbons (Fsp3) is 0.333. The Labute approximate surface area is 170 Å². The minimum Gasteiger partial charge on any atom is -0.507 e. The van der Waals surface area contributed by atoms with Gasteiger partial charge in [0.2, 0.25) is 0 Å². The first kappa shape index (κ1) is 20.2. The Morgan fingerprint density at radius 3 is 1.50 bits per heavy atom. The maximum absolute atomic E-state index is 11.5. The van der Waals surface area contributed by atoms with Gasteiger partial charge in [0.05, 0.1) is 0 Å². The van der Waals surface area contributed by atoms with E-state index in [4.69, 9.17) is 0 Å². The van der Waals surface area contributed by atoms with Gasteiger partial charge >= 0.3 is 0 Å². The van der Waals surface area contributed by atoms with Crippen molar-refractivity contribution in [2.45, 2.75) is 59.3 Å². The SMILES string of the molecule is Cc1ccccc1C(C)(C)c1ccc(C)c(C(C)(C)c2ccccc2C)c1O. The van der Waals surface area contributed by atoms with Crippen LogP contribution in [0, 0.1) is 20.8 Å². The van der Waals surface area contributed by atoms with Crippen molar-refractivity contribution < 1.29 is 5.11 Å². The molecular formula is C27H32O. The van der Waals surface area contributed by atoms with Gasteiger partial charge < -0.3 is 5.11 Å². The number of rotatable bonds is 4. The van der Waals surface area contributed by atoms with Crippen LogP contribution in [0.5, 0.6) is 5.75 Å². The molecule has 0 aromatic heterocycles. The van der Waals surface area contributed by atoms with E-state index in [0.717, 1.165) is 16.7 Å². The van der Waals surface area contributed by atoms with Gasteiger partial charge in [-0.25, -0.2) is 0 Å². The molecule has 146 valence electrons. The first-order chi connectivity index (χ1) is 13.1. The fourth-order valence-corrected chi connectivity index (χ4v) is 4.81. The van der Waals surface area contributed by atoms with Crippen LogP contribution in [-0.2, 0) is 10.8 Å². The first-order valence-electron chi connectivity index (χ1n) is 10.0. The van der Waals surface area contributed by atoms with Gasteiger partial charge in [-0.1, -0.05) is 88.4 Å². The van der Waals surface area contributed by atoms with Crippen LogP contribution >= 0.6 is 0 Å². The Hall–Kier alpha value is -2.54. The minimum atomic E-state index is -0.294. The number of hydrogen-bond acceptors (Lipinski definition) is 1. The molecule has 3 aromatic carbocycles. The molecule has 0 aliphatic heterocycles. The Morgan fingerprint density at radius 2 is 1.00 bits per heavy atom. The molecule has 0 unspecified atom stereocenters. The number of aromatic hydroxyl groups is 1. The molecule has 0 fully saturated rings. The van der Waals surface area contributed by atoms with Gasteiger partial charge in [0, 0.05) is 22.0 Å². The smallest absolute Gasteiger partial charge is 0.123 e. The van der Waals surface area contributed by atoms with Crippen LogP contribution in [0.15, 0.2) is 60.7 Å². The van der Waals surface area contributed by atoms with Gasteiger partial charge in [-0.05, 0) is 48.6 Å². The summed E-state index contributed by atoms with van der Waals surface area (Å²) in [6.45, 7) is 15.2. The second kappa shape index (κ2) is 7.13. The maximum atomic E-state index is 11.5. The van der Waals surface area contributed by atoms with E-state index >= 15 is 0 Å². The lowest BCUT2D eigenvalue weighted by atomic mass is 9.70. The Kier molecular flexibility index (Phi) is 5.14. The van der Waals surface area contributed by atoms with Crippen LogP contribution in [0.2, 0.25) is 0 Å². The van der Waals surface area contributed by atoms with E-state index in [1.165, 1.54) is 22.3 Å². The number of phenolic OH excluding ortho intramolecular Hbond substituents is 1. The highest BCUT2D eigenvalue weighted by Crippen LogP contribution is 2.46. The van der Waals surface area contributed by atoms with Gasteiger partial charge in [-0.2, -0.15) is 0 Å². The van der Waals surface area contributed by atoms with Crippen molar-refractivity contribution in [1.82, 2.24) is 0 Å². The molecule has 0 aliphatic rings. The number of phenols is 1. The lowest BCUT2D eigenvalue weighted by Crippen LogP contribution is -2.25. The van der Waals surface area contributed by atoms with Gasteiger partial charge in [0.15, 0.2) is 0 Å². The van der Waals surface area contributed by atoms with Gasteiger partial charge in [-0.15, -0.1) is 0 Å². The predicted molar refractivity (Wildman–Crippen MR) is 119 cm³/mol. The molecule has 1 N–H and O–H groups in total. The van der Waals surface area contributed by atoms with Crippen molar-refractivity contribution in [3.63, 3.8) is 0 Å². The first-order valence-corrected chi connectivity index (χ1v) is 10.0. The van der Waals surface area contributed by atoms with Gasteiger partial charge in [0.25, 0.3) is 0 Å². The molecule has 1 nitrogen and oxygen atoms in total. The second-order valence-corrected chi connectivity index (χ2v) is 9.03. The zero-order valence-corrected chi connectivity index (χ0v) is 18.2. The molecule has 0 atom stereocenters. The van der Waals surface area contributed by atoms with Crippen molar-refractivity contribution >= 4 is 0 Å². The lowest BCUT2D eigenvalue weighted by Gasteiger charge is -2.34. The molecule has 0 aliphatic carbocycles. The largest absolute Gasteiger partial charge is 0.507 e. The second-order valence-electron chi connectivity index (χ2n) is 9.03. The van der Waals surface area contributed by atoms with Crippen LogP contribution in [0.25, 0.3) is 0 Å². The summed E-state index contributed by atoms with van der Waals surface area (Å²) in [5, 5.41) is 11.5. The van der Waals surface area contributed by atoms with Crippen molar-refractivity contribution in [1.29, 1.82) is 0 Å². The Balaban J connectivity index is 2.24. The fourth-order valence-electron chi connectivity index (χ4n) is 4.81. The standard InChI is InChI=1S/C27H32O/c1-18-12-8-10-14-21(18)26(4,5)23-17-16-20(3)24(25(23)28)27(6,7)22-15-11-9-13-19(22)2/h8-17,28H,1-7H3. The molecular weight excluding hydrogens is 340 g/mol. The average Bonchev–Trinajstić information content (AvgIpc) is 2.61. The maximum Gasteiger partial charge on any atom is 0.123 e. The van der Waals surface area contributed by atoms with Crippen LogP contribution < -0.4 is 0 Å². The van der Waals surface area contributed by atoms with E-state index in [1.807, 2.05) is 0 Å². The van der Waals surface area contributed by atoms with Crippen LogP contribution in [0.4, 0.5) is 0 Å². The summed E-state index contributed by atoms with van der Waals surface area (Å²) in [5.41, 5.74) is 7.51. The molecule has 0 saturated carbocycles. The van der Waals surface area contributed by atoms with Crippen molar-refractivity contribution in [3.8, 4) is 5.75 Å². The molecule has 0 bridgehead atoms. The lowest BCUT2D eigenvalue weighted by molar-refractivity contribution is 0.432. The molecule has 3 aromatic rings. The Bertz CT molecular complexity index is 1010. The molecule has 0 amide bonds. The third-order valence-electron chi connectivity index (χ3n) is 6.32. The van der Waals surface area contributed by atoms with Crippen LogP contribution in [0.1, 0.15) is 66.6 Å².